The molecule has 0 aromatic heterocycles. The summed E-state index contributed by atoms with van der Waals surface area (Å²) in [6.45, 7) is 0.423. The molecule has 0 saturated carbocycles. The molecule has 0 fully saturated rings. The normalized spacial score (nSPS) is 10.1. The van der Waals surface area contributed by atoms with Crippen LogP contribution in [0, 0.1) is 0 Å². The first kappa shape index (κ1) is 13.2. The Balaban J connectivity index is 2.52. The fraction of sp³-hybridized carbons (Fsp3) is 0.364. The van der Waals surface area contributed by atoms with Gasteiger partial charge in [0.2, 0.25) is 0 Å². The van der Waals surface area contributed by atoms with Gasteiger partial charge in [0.15, 0.2) is 0 Å². The number of carbonyl (C=O) groups is 1. The summed E-state index contributed by atoms with van der Waals surface area (Å²) in [5, 5.41) is 0.441. The molecule has 1 aromatic rings. The van der Waals surface area contributed by atoms with Gasteiger partial charge in [-0.05, 0) is 36.6 Å². The van der Waals surface area contributed by atoms with Crippen LogP contribution in [0.15, 0.2) is 18.2 Å². The third-order valence-electron chi connectivity index (χ3n) is 1.88. The third-order valence-corrected chi connectivity index (χ3v) is 2.80. The van der Waals surface area contributed by atoms with Crippen LogP contribution < -0.4 is 5.73 Å². The number of ether oxygens (including phenoxy) is 1. The van der Waals surface area contributed by atoms with Crippen LogP contribution in [0.4, 0.5) is 5.69 Å². The molecular weight excluding hydrogens is 246 g/mol. The van der Waals surface area contributed by atoms with Crippen LogP contribution in [-0.4, -0.2) is 24.6 Å². The molecule has 0 heterocycles. The van der Waals surface area contributed by atoms with Crippen molar-refractivity contribution in [1.82, 2.24) is 0 Å². The number of nitrogen functional groups attached to an aromatic ring is 1. The molecule has 2 N–H and O–H groups in total. The highest BCUT2D eigenvalue weighted by atomic mass is 35.5. The smallest absolute Gasteiger partial charge is 0.338 e. The molecule has 0 aliphatic rings. The van der Waals surface area contributed by atoms with Gasteiger partial charge in [0.05, 0.1) is 12.2 Å². The van der Waals surface area contributed by atoms with Gasteiger partial charge >= 0.3 is 5.97 Å². The Morgan fingerprint density at radius 3 is 2.88 bits per heavy atom. The number of hydrogen-bond acceptors (Lipinski definition) is 4. The fourth-order valence-corrected chi connectivity index (χ4v) is 1.83. The highest BCUT2D eigenvalue weighted by molar-refractivity contribution is 7.98. The molecule has 0 spiro atoms. The summed E-state index contributed by atoms with van der Waals surface area (Å²) >= 11 is 7.51. The molecule has 0 radical (unpaired) electrons. The fourth-order valence-electron chi connectivity index (χ4n) is 1.18. The second kappa shape index (κ2) is 6.66. The van der Waals surface area contributed by atoms with Gasteiger partial charge in [-0.15, -0.1) is 0 Å². The molecule has 0 aliphatic heterocycles. The van der Waals surface area contributed by atoms with E-state index in [-0.39, 0.29) is 5.97 Å². The number of hydrogen-bond donors (Lipinski definition) is 1. The molecule has 88 valence electrons. The first-order valence-corrected chi connectivity index (χ1v) is 6.63. The van der Waals surface area contributed by atoms with E-state index in [1.54, 1.807) is 30.0 Å². The molecule has 0 unspecified atom stereocenters. The molecule has 3 nitrogen and oxygen atoms in total. The van der Waals surface area contributed by atoms with Crippen molar-refractivity contribution in [2.24, 2.45) is 0 Å². The van der Waals surface area contributed by atoms with E-state index in [4.69, 9.17) is 22.1 Å². The molecular formula is C11H14ClNO2S. The Kier molecular flexibility index (Phi) is 5.49. The average Bonchev–Trinajstić information content (AvgIpc) is 2.22. The van der Waals surface area contributed by atoms with Crippen LogP contribution in [0.5, 0.6) is 0 Å². The van der Waals surface area contributed by atoms with Gasteiger partial charge in [-0.25, -0.2) is 4.79 Å². The number of esters is 1. The van der Waals surface area contributed by atoms with E-state index in [0.717, 1.165) is 12.2 Å². The lowest BCUT2D eigenvalue weighted by molar-refractivity contribution is 0.0506. The van der Waals surface area contributed by atoms with Crippen LogP contribution in [0.25, 0.3) is 0 Å². The van der Waals surface area contributed by atoms with Gasteiger partial charge in [0.1, 0.15) is 0 Å². The Morgan fingerprint density at radius 1 is 1.50 bits per heavy atom. The number of halogens is 1. The standard InChI is InChI=1S/C11H14ClNO2S/c1-16-4-2-3-15-11(14)8-5-9(12)7-10(13)6-8/h5-7H,2-4,13H2,1H3. The molecule has 0 saturated heterocycles. The van der Waals surface area contributed by atoms with E-state index in [1.807, 2.05) is 6.26 Å². The number of benzene rings is 1. The van der Waals surface area contributed by atoms with Crippen LogP contribution in [0.3, 0.4) is 0 Å². The molecule has 5 heteroatoms. The lowest BCUT2D eigenvalue weighted by Gasteiger charge is -2.05. The zero-order valence-corrected chi connectivity index (χ0v) is 10.6. The maximum absolute atomic E-state index is 11.6. The predicted molar refractivity (Wildman–Crippen MR) is 69.1 cm³/mol. The highest BCUT2D eigenvalue weighted by Gasteiger charge is 2.08. The molecule has 1 aromatic carbocycles. The van der Waals surface area contributed by atoms with Crippen LogP contribution >= 0.6 is 23.4 Å². The van der Waals surface area contributed by atoms with Crippen molar-refractivity contribution in [3.63, 3.8) is 0 Å². The van der Waals surface area contributed by atoms with E-state index in [0.29, 0.717) is 22.9 Å². The number of rotatable bonds is 5. The number of nitrogens with two attached hydrogens (primary N) is 1. The van der Waals surface area contributed by atoms with Gasteiger partial charge < -0.3 is 10.5 Å². The largest absolute Gasteiger partial charge is 0.462 e. The van der Waals surface area contributed by atoms with E-state index < -0.39 is 0 Å². The van der Waals surface area contributed by atoms with E-state index >= 15 is 0 Å². The minimum absolute atomic E-state index is 0.379. The first-order chi connectivity index (χ1) is 7.63. The SMILES string of the molecule is CSCCCOC(=O)c1cc(N)cc(Cl)c1. The molecule has 0 bridgehead atoms. The Hall–Kier alpha value is -0.870. The minimum atomic E-state index is -0.379. The van der Waals surface area contributed by atoms with Gasteiger partial charge in [-0.3, -0.25) is 0 Å². The molecule has 0 amide bonds. The van der Waals surface area contributed by atoms with Crippen molar-refractivity contribution in [2.45, 2.75) is 6.42 Å². The summed E-state index contributed by atoms with van der Waals surface area (Å²) < 4.78 is 5.07. The average molecular weight is 260 g/mol. The summed E-state index contributed by atoms with van der Waals surface area (Å²) in [4.78, 5) is 11.6. The van der Waals surface area contributed by atoms with Crippen molar-refractivity contribution in [3.05, 3.63) is 28.8 Å². The van der Waals surface area contributed by atoms with Gasteiger partial charge in [-0.1, -0.05) is 11.6 Å². The minimum Gasteiger partial charge on any atom is -0.462 e. The van der Waals surface area contributed by atoms with Crippen molar-refractivity contribution in [3.8, 4) is 0 Å². The van der Waals surface area contributed by atoms with Gasteiger partial charge in [-0.2, -0.15) is 11.8 Å². The summed E-state index contributed by atoms with van der Waals surface area (Å²) in [7, 11) is 0. The summed E-state index contributed by atoms with van der Waals surface area (Å²) in [5.41, 5.74) is 6.44. The zero-order valence-electron chi connectivity index (χ0n) is 9.03. The van der Waals surface area contributed by atoms with Gasteiger partial charge in [0.25, 0.3) is 0 Å². The quantitative estimate of drug-likeness (QED) is 0.502. The Bertz CT molecular complexity index is 351. The van der Waals surface area contributed by atoms with E-state index in [9.17, 15) is 4.79 Å². The van der Waals surface area contributed by atoms with Gasteiger partial charge in [0, 0.05) is 10.7 Å². The van der Waals surface area contributed by atoms with Crippen LogP contribution in [0.1, 0.15) is 16.8 Å². The Labute approximate surface area is 104 Å². The summed E-state index contributed by atoms with van der Waals surface area (Å²) in [6, 6.07) is 4.70. The van der Waals surface area contributed by atoms with E-state index in [1.165, 1.54) is 0 Å². The van der Waals surface area contributed by atoms with E-state index in [2.05, 4.69) is 0 Å². The second-order valence-corrected chi connectivity index (χ2v) is 4.68. The van der Waals surface area contributed by atoms with Crippen molar-refractivity contribution >= 4 is 35.0 Å². The highest BCUT2D eigenvalue weighted by Crippen LogP contribution is 2.17. The van der Waals surface area contributed by atoms with Crippen molar-refractivity contribution in [2.75, 3.05) is 24.3 Å². The Morgan fingerprint density at radius 2 is 2.25 bits per heavy atom. The number of anilines is 1. The molecule has 16 heavy (non-hydrogen) atoms. The monoisotopic (exact) mass is 259 g/mol. The van der Waals surface area contributed by atoms with Crippen LogP contribution in [-0.2, 0) is 4.74 Å². The molecule has 0 aliphatic carbocycles. The predicted octanol–water partition coefficient (Wildman–Crippen LogP) is 2.83. The number of thioether (sulfide) groups is 1. The lowest BCUT2D eigenvalue weighted by Crippen LogP contribution is -2.07. The van der Waals surface area contributed by atoms with Crippen molar-refractivity contribution < 1.29 is 9.53 Å². The topological polar surface area (TPSA) is 52.3 Å². The second-order valence-electron chi connectivity index (χ2n) is 3.26. The van der Waals surface area contributed by atoms with Crippen molar-refractivity contribution in [1.29, 1.82) is 0 Å². The maximum Gasteiger partial charge on any atom is 0.338 e. The lowest BCUT2D eigenvalue weighted by atomic mass is 10.2. The third kappa shape index (κ3) is 4.33. The maximum atomic E-state index is 11.6. The zero-order chi connectivity index (χ0) is 12.0. The van der Waals surface area contributed by atoms with Crippen LogP contribution in [0.2, 0.25) is 5.02 Å². The molecule has 0 atom stereocenters. The first-order valence-electron chi connectivity index (χ1n) is 4.85. The molecule has 1 rings (SSSR count). The number of carbonyl (C=O) groups excluding carboxylic acids is 1. The summed E-state index contributed by atoms with van der Waals surface area (Å²) in [5.74, 6) is 0.598. The summed E-state index contributed by atoms with van der Waals surface area (Å²) in [6.07, 6.45) is 2.86.